The minimum atomic E-state index is -4.16. The van der Waals surface area contributed by atoms with E-state index in [-0.39, 0.29) is 31.8 Å². The van der Waals surface area contributed by atoms with Gasteiger partial charge >= 0.3 is 6.18 Å². The normalized spacial score (nSPS) is 18.1. The van der Waals surface area contributed by atoms with Gasteiger partial charge in [0, 0.05) is 13.1 Å². The highest BCUT2D eigenvalue weighted by molar-refractivity contribution is 9.10. The van der Waals surface area contributed by atoms with E-state index in [1.165, 1.54) is 17.2 Å². The van der Waals surface area contributed by atoms with Crippen molar-refractivity contribution in [3.05, 3.63) is 22.6 Å². The molecule has 0 unspecified atom stereocenters. The van der Waals surface area contributed by atoms with Crippen LogP contribution in [-0.2, 0) is 0 Å². The van der Waals surface area contributed by atoms with Crippen molar-refractivity contribution in [3.63, 3.8) is 0 Å². The summed E-state index contributed by atoms with van der Waals surface area (Å²) >= 11 is 3.08. The molecule has 18 heavy (non-hydrogen) atoms. The number of furan rings is 1. The maximum Gasteiger partial charge on any atom is 0.391 e. The largest absolute Gasteiger partial charge is 0.457 e. The Morgan fingerprint density at radius 3 is 2.44 bits per heavy atom. The van der Waals surface area contributed by atoms with Gasteiger partial charge in [-0.05, 0) is 34.8 Å². The van der Waals surface area contributed by atoms with Crippen LogP contribution in [0.4, 0.5) is 13.2 Å². The van der Waals surface area contributed by atoms with Gasteiger partial charge in [-0.2, -0.15) is 13.2 Å². The molecule has 100 valence electrons. The van der Waals surface area contributed by atoms with Gasteiger partial charge in [0.15, 0.2) is 4.67 Å². The summed E-state index contributed by atoms with van der Waals surface area (Å²) in [4.78, 5) is 13.4. The number of carbonyl (C=O) groups is 1. The lowest BCUT2D eigenvalue weighted by molar-refractivity contribution is -0.183. The molecule has 1 amide bonds. The van der Waals surface area contributed by atoms with Crippen molar-refractivity contribution in [2.45, 2.75) is 19.0 Å². The third-order valence-electron chi connectivity index (χ3n) is 3.09. The standard InChI is InChI=1S/C11H11BrF3NO2/c12-9-8(3-6-18-9)10(17)16-4-1-7(2-5-16)11(13,14)15/h3,6-7H,1-2,4-5H2. The molecule has 2 heterocycles. The summed E-state index contributed by atoms with van der Waals surface area (Å²) in [6, 6.07) is 1.50. The number of hydrogen-bond acceptors (Lipinski definition) is 2. The second kappa shape index (κ2) is 4.95. The lowest BCUT2D eigenvalue weighted by Gasteiger charge is -2.32. The molecule has 0 spiro atoms. The summed E-state index contributed by atoms with van der Waals surface area (Å²) in [7, 11) is 0. The number of alkyl halides is 3. The Kier molecular flexibility index (Phi) is 3.70. The van der Waals surface area contributed by atoms with E-state index in [1.807, 2.05) is 0 Å². The minimum absolute atomic E-state index is 0.0370. The monoisotopic (exact) mass is 325 g/mol. The lowest BCUT2D eigenvalue weighted by Crippen LogP contribution is -2.42. The minimum Gasteiger partial charge on any atom is -0.457 e. The Hall–Kier alpha value is -0.980. The van der Waals surface area contributed by atoms with Crippen molar-refractivity contribution in [1.82, 2.24) is 4.90 Å². The fourth-order valence-corrected chi connectivity index (χ4v) is 2.44. The van der Waals surface area contributed by atoms with Gasteiger partial charge in [0.05, 0.1) is 17.7 Å². The van der Waals surface area contributed by atoms with E-state index in [9.17, 15) is 18.0 Å². The van der Waals surface area contributed by atoms with E-state index in [1.54, 1.807) is 0 Å². The summed E-state index contributed by atoms with van der Waals surface area (Å²) in [5, 5.41) is 0. The number of likely N-dealkylation sites (tertiary alicyclic amines) is 1. The zero-order valence-corrected chi connectivity index (χ0v) is 10.9. The number of amides is 1. The summed E-state index contributed by atoms with van der Waals surface area (Å²) < 4.78 is 42.7. The number of nitrogens with zero attached hydrogens (tertiary/aromatic N) is 1. The van der Waals surface area contributed by atoms with Crippen molar-refractivity contribution >= 4 is 21.8 Å². The molecule has 0 bridgehead atoms. The summed E-state index contributed by atoms with van der Waals surface area (Å²) in [6.07, 6.45) is -2.87. The van der Waals surface area contributed by atoms with Crippen LogP contribution in [0.5, 0.6) is 0 Å². The van der Waals surface area contributed by atoms with Crippen LogP contribution in [0.15, 0.2) is 21.4 Å². The second-order valence-electron chi connectivity index (χ2n) is 4.22. The van der Waals surface area contributed by atoms with Crippen molar-refractivity contribution in [1.29, 1.82) is 0 Å². The topological polar surface area (TPSA) is 33.5 Å². The summed E-state index contributed by atoms with van der Waals surface area (Å²) in [5.74, 6) is -1.59. The molecule has 1 fully saturated rings. The zero-order chi connectivity index (χ0) is 13.3. The quantitative estimate of drug-likeness (QED) is 0.792. The number of piperidine rings is 1. The van der Waals surface area contributed by atoms with Gasteiger partial charge in [0.25, 0.3) is 5.91 Å². The highest BCUT2D eigenvalue weighted by Gasteiger charge is 2.41. The molecule has 0 N–H and O–H groups in total. The van der Waals surface area contributed by atoms with Crippen LogP contribution in [0.3, 0.4) is 0 Å². The lowest BCUT2D eigenvalue weighted by atomic mass is 9.96. The average Bonchev–Trinajstić information content (AvgIpc) is 2.73. The van der Waals surface area contributed by atoms with Gasteiger partial charge in [-0.25, -0.2) is 0 Å². The van der Waals surface area contributed by atoms with E-state index in [2.05, 4.69) is 15.9 Å². The highest BCUT2D eigenvalue weighted by Crippen LogP contribution is 2.34. The van der Waals surface area contributed by atoms with Crippen LogP contribution in [0.1, 0.15) is 23.2 Å². The number of halogens is 4. The van der Waals surface area contributed by atoms with E-state index in [4.69, 9.17) is 4.42 Å². The van der Waals surface area contributed by atoms with E-state index < -0.39 is 12.1 Å². The molecule has 2 rings (SSSR count). The number of hydrogen-bond donors (Lipinski definition) is 0. The molecule has 1 aliphatic rings. The van der Waals surface area contributed by atoms with E-state index >= 15 is 0 Å². The fourth-order valence-electron chi connectivity index (χ4n) is 2.03. The van der Waals surface area contributed by atoms with Gasteiger partial charge in [0.1, 0.15) is 0 Å². The molecule has 7 heteroatoms. The fraction of sp³-hybridized carbons (Fsp3) is 0.545. The molecule has 1 aromatic rings. The molecule has 0 aliphatic carbocycles. The molecular formula is C11H11BrF3NO2. The first-order chi connectivity index (χ1) is 8.39. The van der Waals surface area contributed by atoms with Crippen LogP contribution >= 0.6 is 15.9 Å². The van der Waals surface area contributed by atoms with Gasteiger partial charge < -0.3 is 9.32 Å². The van der Waals surface area contributed by atoms with Crippen LogP contribution in [0.2, 0.25) is 0 Å². The Balaban J connectivity index is 1.99. The maximum atomic E-state index is 12.5. The van der Waals surface area contributed by atoms with Gasteiger partial charge in [-0.1, -0.05) is 0 Å². The molecule has 0 aromatic carbocycles. The van der Waals surface area contributed by atoms with Crippen LogP contribution in [0.25, 0.3) is 0 Å². The smallest absolute Gasteiger partial charge is 0.391 e. The predicted octanol–water partition coefficient (Wildman–Crippen LogP) is 3.46. The predicted molar refractivity (Wildman–Crippen MR) is 61.1 cm³/mol. The highest BCUT2D eigenvalue weighted by atomic mass is 79.9. The van der Waals surface area contributed by atoms with E-state index in [0.29, 0.717) is 10.2 Å². The van der Waals surface area contributed by atoms with Crippen LogP contribution < -0.4 is 0 Å². The van der Waals surface area contributed by atoms with Gasteiger partial charge in [-0.15, -0.1) is 0 Å². The number of rotatable bonds is 1. The summed E-state index contributed by atoms with van der Waals surface area (Å²) in [5.41, 5.74) is 0.348. The Labute approximate surface area is 110 Å². The average molecular weight is 326 g/mol. The molecule has 1 aromatic heterocycles. The van der Waals surface area contributed by atoms with E-state index in [0.717, 1.165) is 0 Å². The Morgan fingerprint density at radius 1 is 1.39 bits per heavy atom. The van der Waals surface area contributed by atoms with Crippen LogP contribution in [0, 0.1) is 5.92 Å². The van der Waals surface area contributed by atoms with Crippen molar-refractivity contribution in [3.8, 4) is 0 Å². The summed E-state index contributed by atoms with van der Waals surface area (Å²) in [6.45, 7) is 0.251. The maximum absolute atomic E-state index is 12.5. The molecule has 0 saturated carbocycles. The van der Waals surface area contributed by atoms with Crippen LogP contribution in [-0.4, -0.2) is 30.1 Å². The first-order valence-electron chi connectivity index (χ1n) is 5.48. The first-order valence-corrected chi connectivity index (χ1v) is 6.28. The first kappa shape index (κ1) is 13.5. The molecular weight excluding hydrogens is 315 g/mol. The SMILES string of the molecule is O=C(c1ccoc1Br)N1CCC(C(F)(F)F)CC1. The van der Waals surface area contributed by atoms with Crippen molar-refractivity contribution in [2.24, 2.45) is 5.92 Å². The second-order valence-corrected chi connectivity index (χ2v) is 4.94. The molecule has 1 aliphatic heterocycles. The Morgan fingerprint density at radius 2 is 2.00 bits per heavy atom. The molecule has 0 radical (unpaired) electrons. The Bertz CT molecular complexity index is 436. The molecule has 3 nitrogen and oxygen atoms in total. The number of carbonyl (C=O) groups excluding carboxylic acids is 1. The van der Waals surface area contributed by atoms with Gasteiger partial charge in [-0.3, -0.25) is 4.79 Å². The zero-order valence-electron chi connectivity index (χ0n) is 9.34. The third kappa shape index (κ3) is 2.71. The van der Waals surface area contributed by atoms with Crippen molar-refractivity contribution < 1.29 is 22.4 Å². The third-order valence-corrected chi connectivity index (χ3v) is 3.71. The molecule has 0 atom stereocenters. The molecule has 1 saturated heterocycles. The van der Waals surface area contributed by atoms with Crippen molar-refractivity contribution in [2.75, 3.05) is 13.1 Å². The van der Waals surface area contributed by atoms with Gasteiger partial charge in [0.2, 0.25) is 0 Å².